The minimum absolute atomic E-state index is 0.0967. The fourth-order valence-electron chi connectivity index (χ4n) is 2.36. The lowest BCUT2D eigenvalue weighted by Crippen LogP contribution is -2.35. The number of nitrogens with one attached hydrogen (secondary N) is 1. The summed E-state index contributed by atoms with van der Waals surface area (Å²) in [5, 5.41) is 1.25. The first-order valence-electron chi connectivity index (χ1n) is 7.55. The minimum Gasteiger partial charge on any atom is -0.488 e. The summed E-state index contributed by atoms with van der Waals surface area (Å²) in [6, 6.07) is 14.5. The van der Waals surface area contributed by atoms with Crippen LogP contribution in [0.25, 0.3) is 6.08 Å². The Morgan fingerprint density at radius 3 is 2.60 bits per heavy atom. The van der Waals surface area contributed by atoms with Gasteiger partial charge in [-0.05, 0) is 58.5 Å². The van der Waals surface area contributed by atoms with Crippen LogP contribution < -0.4 is 15.2 Å². The molecule has 0 aliphatic carbocycles. The maximum atomic E-state index is 12.6. The van der Waals surface area contributed by atoms with Crippen LogP contribution in [0.4, 0.5) is 5.69 Å². The Hall–Kier alpha value is -2.61. The van der Waals surface area contributed by atoms with E-state index in [4.69, 9.17) is 4.74 Å². The third kappa shape index (κ3) is 3.74. The first-order valence-corrected chi connectivity index (χ1v) is 8.63. The van der Waals surface area contributed by atoms with Crippen molar-refractivity contribution in [2.45, 2.75) is 0 Å². The van der Waals surface area contributed by atoms with Crippen LogP contribution in [-0.2, 0) is 9.59 Å². The third-order valence-corrected chi connectivity index (χ3v) is 4.37. The number of hydrogen-bond donors (Lipinski definition) is 1. The van der Waals surface area contributed by atoms with Crippen LogP contribution in [0.5, 0.6) is 5.75 Å². The highest BCUT2D eigenvalue weighted by atomic mass is 127. The van der Waals surface area contributed by atoms with E-state index in [1.165, 1.54) is 5.01 Å². The van der Waals surface area contributed by atoms with E-state index in [0.717, 1.165) is 14.9 Å². The van der Waals surface area contributed by atoms with Crippen LogP contribution in [0.15, 0.2) is 66.8 Å². The van der Waals surface area contributed by atoms with Gasteiger partial charge in [0.05, 0.1) is 9.26 Å². The van der Waals surface area contributed by atoms with Gasteiger partial charge in [-0.1, -0.05) is 36.9 Å². The standard InChI is InChI=1S/C19H15IN2O3/c1-2-10-25-17-9-8-13(12-16(17)20)11-15-18(23)21-22(19(15)24)14-6-4-3-5-7-14/h2-9,11-12H,1,10H2,(H,21,23)/b15-11-. The first-order chi connectivity index (χ1) is 12.1. The van der Waals surface area contributed by atoms with Gasteiger partial charge in [-0.2, -0.15) is 0 Å². The predicted octanol–water partition coefficient (Wildman–Crippen LogP) is 3.32. The van der Waals surface area contributed by atoms with E-state index in [0.29, 0.717) is 12.3 Å². The molecule has 0 radical (unpaired) electrons. The summed E-state index contributed by atoms with van der Waals surface area (Å²) >= 11 is 2.15. The molecule has 2 amide bonds. The second kappa shape index (κ2) is 7.52. The van der Waals surface area contributed by atoms with E-state index in [2.05, 4.69) is 34.6 Å². The van der Waals surface area contributed by atoms with Crippen molar-refractivity contribution in [2.24, 2.45) is 0 Å². The number of ether oxygens (including phenoxy) is 1. The number of amides is 2. The number of benzene rings is 2. The second-order valence-corrected chi connectivity index (χ2v) is 6.43. The zero-order valence-electron chi connectivity index (χ0n) is 13.2. The Morgan fingerprint density at radius 1 is 1.16 bits per heavy atom. The molecule has 5 nitrogen and oxygen atoms in total. The lowest BCUT2D eigenvalue weighted by Gasteiger charge is -2.13. The van der Waals surface area contributed by atoms with E-state index in [-0.39, 0.29) is 11.5 Å². The van der Waals surface area contributed by atoms with Gasteiger partial charge in [0.25, 0.3) is 11.8 Å². The first kappa shape index (κ1) is 17.2. The molecule has 25 heavy (non-hydrogen) atoms. The summed E-state index contributed by atoms with van der Waals surface area (Å²) in [7, 11) is 0. The van der Waals surface area contributed by atoms with Crippen molar-refractivity contribution in [3.8, 4) is 5.75 Å². The third-order valence-electron chi connectivity index (χ3n) is 3.53. The molecule has 1 fully saturated rings. The fraction of sp³-hybridized carbons (Fsp3) is 0.0526. The van der Waals surface area contributed by atoms with Crippen molar-refractivity contribution in [1.29, 1.82) is 0 Å². The van der Waals surface area contributed by atoms with Crippen LogP contribution in [0.3, 0.4) is 0 Å². The van der Waals surface area contributed by atoms with Crippen molar-refractivity contribution in [3.63, 3.8) is 0 Å². The number of para-hydroxylation sites is 1. The normalized spacial score (nSPS) is 15.4. The van der Waals surface area contributed by atoms with E-state index in [9.17, 15) is 9.59 Å². The SMILES string of the molecule is C=CCOc1ccc(/C=C2/C(=O)NN(c3ccccc3)C2=O)cc1I. The van der Waals surface area contributed by atoms with Gasteiger partial charge >= 0.3 is 0 Å². The lowest BCUT2D eigenvalue weighted by atomic mass is 10.1. The van der Waals surface area contributed by atoms with Gasteiger partial charge < -0.3 is 4.74 Å². The number of nitrogens with zero attached hydrogens (tertiary/aromatic N) is 1. The summed E-state index contributed by atoms with van der Waals surface area (Å²) in [6.07, 6.45) is 3.26. The number of hydrogen-bond acceptors (Lipinski definition) is 3. The van der Waals surface area contributed by atoms with Crippen molar-refractivity contribution < 1.29 is 14.3 Å². The smallest absolute Gasteiger partial charge is 0.282 e. The van der Waals surface area contributed by atoms with Crippen molar-refractivity contribution in [1.82, 2.24) is 5.43 Å². The second-order valence-electron chi connectivity index (χ2n) is 5.26. The maximum absolute atomic E-state index is 12.6. The molecule has 0 saturated carbocycles. The van der Waals surface area contributed by atoms with Gasteiger partial charge in [0, 0.05) is 0 Å². The highest BCUT2D eigenvalue weighted by Crippen LogP contribution is 2.25. The van der Waals surface area contributed by atoms with Crippen LogP contribution in [0.1, 0.15) is 5.56 Å². The van der Waals surface area contributed by atoms with Crippen molar-refractivity contribution in [3.05, 3.63) is 75.9 Å². The van der Waals surface area contributed by atoms with Crippen molar-refractivity contribution >= 4 is 46.2 Å². The molecule has 2 aromatic carbocycles. The zero-order valence-corrected chi connectivity index (χ0v) is 15.4. The average Bonchev–Trinajstić information content (AvgIpc) is 2.90. The number of carbonyl (C=O) groups excluding carboxylic acids is 2. The summed E-state index contributed by atoms with van der Waals surface area (Å²) in [6.45, 7) is 4.04. The van der Waals surface area contributed by atoms with Crippen molar-refractivity contribution in [2.75, 3.05) is 11.6 Å². The molecule has 0 aromatic heterocycles. The largest absolute Gasteiger partial charge is 0.488 e. The summed E-state index contributed by atoms with van der Waals surface area (Å²) in [5.41, 5.74) is 4.05. The maximum Gasteiger partial charge on any atom is 0.282 e. The van der Waals surface area contributed by atoms with Gasteiger partial charge in [-0.25, -0.2) is 5.01 Å². The van der Waals surface area contributed by atoms with Crippen LogP contribution >= 0.6 is 22.6 Å². The van der Waals surface area contributed by atoms with Crippen LogP contribution in [0, 0.1) is 3.57 Å². The zero-order chi connectivity index (χ0) is 17.8. The van der Waals surface area contributed by atoms with Gasteiger partial charge in [0.2, 0.25) is 0 Å². The minimum atomic E-state index is -0.421. The number of rotatable bonds is 5. The molecule has 0 unspecified atom stereocenters. The number of hydrazine groups is 1. The topological polar surface area (TPSA) is 58.6 Å². The molecule has 3 rings (SSSR count). The summed E-state index contributed by atoms with van der Waals surface area (Å²) in [4.78, 5) is 24.7. The molecular weight excluding hydrogens is 431 g/mol. The number of halogens is 1. The lowest BCUT2D eigenvalue weighted by molar-refractivity contribution is -0.117. The molecule has 1 N–H and O–H groups in total. The molecule has 1 aliphatic heterocycles. The van der Waals surface area contributed by atoms with Gasteiger partial charge in [-0.3, -0.25) is 15.0 Å². The Labute approximate surface area is 159 Å². The Bertz CT molecular complexity index is 862. The highest BCUT2D eigenvalue weighted by molar-refractivity contribution is 14.1. The number of carbonyl (C=O) groups is 2. The Balaban J connectivity index is 1.86. The molecule has 6 heteroatoms. The summed E-state index contributed by atoms with van der Waals surface area (Å²) in [5.74, 6) is -0.0650. The Morgan fingerprint density at radius 2 is 1.92 bits per heavy atom. The molecule has 2 aromatic rings. The monoisotopic (exact) mass is 446 g/mol. The molecular formula is C19H15IN2O3. The summed E-state index contributed by atoms with van der Waals surface area (Å²) < 4.78 is 6.42. The molecule has 126 valence electrons. The Kier molecular flexibility index (Phi) is 5.18. The van der Waals surface area contributed by atoms with E-state index >= 15 is 0 Å². The molecule has 1 heterocycles. The molecule has 1 aliphatic rings. The van der Waals surface area contributed by atoms with Gasteiger partial charge in [0.15, 0.2) is 0 Å². The molecule has 0 spiro atoms. The molecule has 0 atom stereocenters. The molecule has 1 saturated heterocycles. The van der Waals surface area contributed by atoms with E-state index in [1.807, 2.05) is 18.2 Å². The van der Waals surface area contributed by atoms with E-state index in [1.54, 1.807) is 42.5 Å². The quantitative estimate of drug-likeness (QED) is 0.332. The van der Waals surface area contributed by atoms with E-state index < -0.39 is 5.91 Å². The number of anilines is 1. The van der Waals surface area contributed by atoms with Crippen LogP contribution in [0.2, 0.25) is 0 Å². The van der Waals surface area contributed by atoms with Crippen LogP contribution in [-0.4, -0.2) is 18.4 Å². The average molecular weight is 446 g/mol. The van der Waals surface area contributed by atoms with Gasteiger partial charge in [-0.15, -0.1) is 0 Å². The fourth-order valence-corrected chi connectivity index (χ4v) is 3.05. The molecule has 0 bridgehead atoms. The highest BCUT2D eigenvalue weighted by Gasteiger charge is 2.34. The van der Waals surface area contributed by atoms with Gasteiger partial charge in [0.1, 0.15) is 17.9 Å². The predicted molar refractivity (Wildman–Crippen MR) is 105 cm³/mol.